The predicted octanol–water partition coefficient (Wildman–Crippen LogP) is 2.67. The van der Waals surface area contributed by atoms with Crippen LogP contribution in [-0.2, 0) is 19.5 Å². The van der Waals surface area contributed by atoms with Crippen LogP contribution in [-0.4, -0.2) is 0 Å². The number of hydrogen-bond donors (Lipinski definition) is 0. The summed E-state index contributed by atoms with van der Waals surface area (Å²) in [6.07, 6.45) is 14.0. The average molecular weight is 209 g/mol. The van der Waals surface area contributed by atoms with E-state index in [2.05, 4.69) is 24.3 Å². The number of hydrogen-bond acceptors (Lipinski definition) is 0. The Kier molecular flexibility index (Phi) is 6.30. The summed E-state index contributed by atoms with van der Waals surface area (Å²) in [6, 6.07) is 0. The fraction of sp³-hybridized carbons (Fsp3) is 0.500. The summed E-state index contributed by atoms with van der Waals surface area (Å²) in [7, 11) is 0. The second-order valence-electron chi connectivity index (χ2n) is 2.14. The van der Waals surface area contributed by atoms with Crippen LogP contribution in [0.4, 0.5) is 0 Å². The second kappa shape index (κ2) is 6.23. The summed E-state index contributed by atoms with van der Waals surface area (Å²) in [5.74, 6) is 0. The summed E-state index contributed by atoms with van der Waals surface area (Å²) in [5, 5.41) is 0. The summed E-state index contributed by atoms with van der Waals surface area (Å²) in [6.45, 7) is 0. The summed E-state index contributed by atoms with van der Waals surface area (Å²) < 4.78 is 0. The molecule has 0 saturated carbocycles. The predicted molar refractivity (Wildman–Crippen MR) is 36.7 cm³/mol. The van der Waals surface area contributed by atoms with Gasteiger partial charge in [0.25, 0.3) is 0 Å². The third kappa shape index (κ3) is 4.60. The molecule has 0 spiro atoms. The molecule has 1 aliphatic carbocycles. The van der Waals surface area contributed by atoms with E-state index in [1.54, 1.807) is 0 Å². The molecule has 0 amide bonds. The van der Waals surface area contributed by atoms with Gasteiger partial charge in [-0.15, -0.1) is 0 Å². The topological polar surface area (TPSA) is 0 Å². The van der Waals surface area contributed by atoms with Gasteiger partial charge in [-0.2, -0.15) is 0 Å². The van der Waals surface area contributed by atoms with Crippen molar-refractivity contribution in [3.8, 4) is 0 Å². The van der Waals surface area contributed by atoms with E-state index >= 15 is 0 Å². The van der Waals surface area contributed by atoms with Gasteiger partial charge in [-0.05, 0) is 25.7 Å². The van der Waals surface area contributed by atoms with E-state index in [1.165, 1.54) is 25.7 Å². The molecule has 0 atom stereocenters. The molecule has 0 N–H and O–H groups in total. The first-order chi connectivity index (χ1) is 4.00. The van der Waals surface area contributed by atoms with Crippen LogP contribution in [0.1, 0.15) is 25.7 Å². The van der Waals surface area contributed by atoms with Crippen LogP contribution in [0.5, 0.6) is 0 Å². The van der Waals surface area contributed by atoms with Gasteiger partial charge < -0.3 is 0 Å². The maximum absolute atomic E-state index is 2.23. The molecule has 0 unspecified atom stereocenters. The molecular formula is C8H12Ru+2. The Hall–Kier alpha value is 0.103. The Labute approximate surface area is 69.8 Å². The molecule has 0 nitrogen and oxygen atoms in total. The van der Waals surface area contributed by atoms with Crippen LogP contribution in [0.2, 0.25) is 0 Å². The van der Waals surface area contributed by atoms with Crippen LogP contribution >= 0.6 is 0 Å². The Morgan fingerprint density at radius 2 is 1.22 bits per heavy atom. The van der Waals surface area contributed by atoms with Crippen molar-refractivity contribution in [2.45, 2.75) is 25.7 Å². The average Bonchev–Trinajstić information content (AvgIpc) is 1.62. The first-order valence-corrected chi connectivity index (χ1v) is 3.32. The van der Waals surface area contributed by atoms with Gasteiger partial charge in [-0.1, -0.05) is 24.3 Å². The first kappa shape index (κ1) is 9.10. The molecular weight excluding hydrogens is 197 g/mol. The molecule has 1 aliphatic rings. The molecule has 0 aromatic carbocycles. The summed E-state index contributed by atoms with van der Waals surface area (Å²) >= 11 is 0. The van der Waals surface area contributed by atoms with Crippen molar-refractivity contribution >= 4 is 0 Å². The van der Waals surface area contributed by atoms with Crippen molar-refractivity contribution in [3.63, 3.8) is 0 Å². The van der Waals surface area contributed by atoms with Gasteiger partial charge in [0.05, 0.1) is 0 Å². The zero-order valence-electron chi connectivity index (χ0n) is 5.49. The molecule has 0 aromatic heterocycles. The molecule has 1 heteroatoms. The fourth-order valence-electron chi connectivity index (χ4n) is 0.874. The van der Waals surface area contributed by atoms with E-state index in [4.69, 9.17) is 0 Å². The van der Waals surface area contributed by atoms with Gasteiger partial charge in [0.1, 0.15) is 0 Å². The van der Waals surface area contributed by atoms with Gasteiger partial charge in [0, 0.05) is 0 Å². The standard InChI is InChI=1S/C8H12.Ru/c1-2-4-6-8-7-5-3-1;/h1-4H,5-8H2;/q;+2. The van der Waals surface area contributed by atoms with Crippen LogP contribution in [0.3, 0.4) is 0 Å². The third-order valence-electron chi connectivity index (χ3n) is 1.37. The monoisotopic (exact) mass is 210 g/mol. The van der Waals surface area contributed by atoms with Crippen molar-refractivity contribution in [2.75, 3.05) is 0 Å². The minimum Gasteiger partial charge on any atom is -0.0845 e. The normalized spacial score (nSPS) is 17.8. The maximum Gasteiger partial charge on any atom is 2.00 e. The van der Waals surface area contributed by atoms with Gasteiger partial charge in [-0.3, -0.25) is 0 Å². The zero-order valence-corrected chi connectivity index (χ0v) is 7.23. The smallest absolute Gasteiger partial charge is 0.0845 e. The molecule has 0 saturated heterocycles. The zero-order chi connectivity index (χ0) is 5.66. The largest absolute Gasteiger partial charge is 2.00 e. The maximum atomic E-state index is 2.23. The van der Waals surface area contributed by atoms with Crippen molar-refractivity contribution in [3.05, 3.63) is 24.3 Å². The van der Waals surface area contributed by atoms with Gasteiger partial charge in [-0.25, -0.2) is 0 Å². The van der Waals surface area contributed by atoms with Gasteiger partial charge in [0.2, 0.25) is 0 Å². The van der Waals surface area contributed by atoms with Crippen LogP contribution in [0, 0.1) is 0 Å². The quantitative estimate of drug-likeness (QED) is 0.538. The first-order valence-electron chi connectivity index (χ1n) is 3.32. The fourth-order valence-corrected chi connectivity index (χ4v) is 0.874. The van der Waals surface area contributed by atoms with Crippen molar-refractivity contribution in [1.29, 1.82) is 0 Å². The van der Waals surface area contributed by atoms with Crippen LogP contribution < -0.4 is 0 Å². The van der Waals surface area contributed by atoms with E-state index in [1.807, 2.05) is 0 Å². The van der Waals surface area contributed by atoms with E-state index in [-0.39, 0.29) is 19.5 Å². The Bertz CT molecular complexity index is 89.1. The van der Waals surface area contributed by atoms with Gasteiger partial charge in [0.15, 0.2) is 0 Å². The Morgan fingerprint density at radius 3 is 1.67 bits per heavy atom. The molecule has 0 radical (unpaired) electrons. The third-order valence-corrected chi connectivity index (χ3v) is 1.37. The molecule has 0 heterocycles. The Morgan fingerprint density at radius 1 is 0.778 bits per heavy atom. The minimum absolute atomic E-state index is 0. The molecule has 0 aliphatic heterocycles. The molecule has 0 bridgehead atoms. The Balaban J connectivity index is 0.000000640. The van der Waals surface area contributed by atoms with Crippen LogP contribution in [0.15, 0.2) is 24.3 Å². The molecule has 1 rings (SSSR count). The number of rotatable bonds is 0. The van der Waals surface area contributed by atoms with E-state index in [0.29, 0.717) is 0 Å². The van der Waals surface area contributed by atoms with E-state index in [0.717, 1.165) is 0 Å². The van der Waals surface area contributed by atoms with Crippen molar-refractivity contribution in [2.24, 2.45) is 0 Å². The van der Waals surface area contributed by atoms with Gasteiger partial charge >= 0.3 is 19.5 Å². The number of allylic oxidation sites excluding steroid dienone is 4. The SMILES string of the molecule is C1=CCCCCC=C1.[Ru+2]. The molecule has 9 heavy (non-hydrogen) atoms. The van der Waals surface area contributed by atoms with Crippen molar-refractivity contribution in [1.82, 2.24) is 0 Å². The molecule has 0 aromatic rings. The van der Waals surface area contributed by atoms with E-state index in [9.17, 15) is 0 Å². The van der Waals surface area contributed by atoms with E-state index < -0.39 is 0 Å². The molecule has 0 fully saturated rings. The van der Waals surface area contributed by atoms with Crippen LogP contribution in [0.25, 0.3) is 0 Å². The summed E-state index contributed by atoms with van der Waals surface area (Å²) in [5.41, 5.74) is 0. The minimum atomic E-state index is 0. The van der Waals surface area contributed by atoms with Crippen molar-refractivity contribution < 1.29 is 19.5 Å². The summed E-state index contributed by atoms with van der Waals surface area (Å²) in [4.78, 5) is 0. The second-order valence-corrected chi connectivity index (χ2v) is 2.14. The molecule has 50 valence electrons.